The van der Waals surface area contributed by atoms with E-state index < -0.39 is 5.60 Å². The molecule has 2 rings (SSSR count). The quantitative estimate of drug-likeness (QED) is 0.291. The summed E-state index contributed by atoms with van der Waals surface area (Å²) in [6.07, 6.45) is 0. The molecule has 1 atom stereocenters. The van der Waals surface area contributed by atoms with Crippen molar-refractivity contribution in [2.75, 3.05) is 33.3 Å². The molecule has 0 aliphatic heterocycles. The molecule has 4 N–H and O–H groups in total. The Kier molecular flexibility index (Phi) is 8.28. The molecule has 8 heteroatoms. The van der Waals surface area contributed by atoms with Crippen molar-refractivity contribution in [3.05, 3.63) is 52.2 Å². The van der Waals surface area contributed by atoms with Gasteiger partial charge in [0.15, 0.2) is 5.96 Å². The van der Waals surface area contributed by atoms with Crippen LogP contribution < -0.4 is 20.7 Å². The van der Waals surface area contributed by atoms with Crippen LogP contribution in [0.5, 0.6) is 5.75 Å². The van der Waals surface area contributed by atoms with E-state index in [0.29, 0.717) is 36.9 Å². The number of rotatable bonds is 9. The average Bonchev–Trinajstić information content (AvgIpc) is 3.25. The number of methoxy groups -OCH3 is 1. The molecule has 0 aliphatic rings. The highest BCUT2D eigenvalue weighted by molar-refractivity contribution is 7.08. The summed E-state index contributed by atoms with van der Waals surface area (Å²) in [4.78, 5) is 16.6. The molecule has 0 saturated heterocycles. The maximum atomic E-state index is 12.1. The third kappa shape index (κ3) is 6.54. The third-order valence-corrected chi connectivity index (χ3v) is 4.77. The number of hydrogen-bond donors (Lipinski definition) is 4. The van der Waals surface area contributed by atoms with E-state index in [4.69, 9.17) is 4.74 Å². The van der Waals surface area contributed by atoms with Crippen molar-refractivity contribution >= 4 is 23.2 Å². The second-order valence-corrected chi connectivity index (χ2v) is 7.17. The van der Waals surface area contributed by atoms with E-state index in [9.17, 15) is 9.90 Å². The van der Waals surface area contributed by atoms with Gasteiger partial charge in [0, 0.05) is 25.2 Å². The number of guanidine groups is 1. The first kappa shape index (κ1) is 21.7. The fraction of sp³-hybridized carbons (Fsp3) is 0.400. The number of nitrogens with one attached hydrogen (secondary N) is 3. The number of carbonyl (C=O) groups excluding carboxylic acids is 1. The summed E-state index contributed by atoms with van der Waals surface area (Å²) < 4.78 is 5.09. The Labute approximate surface area is 169 Å². The van der Waals surface area contributed by atoms with E-state index in [0.717, 1.165) is 5.56 Å². The molecule has 1 heterocycles. The van der Waals surface area contributed by atoms with E-state index in [1.807, 2.05) is 23.8 Å². The molecular formula is C20H28N4O3S. The topological polar surface area (TPSA) is 95.0 Å². The first-order valence-corrected chi connectivity index (χ1v) is 10.1. The number of amides is 1. The highest BCUT2D eigenvalue weighted by atomic mass is 32.1. The molecule has 0 saturated carbocycles. The van der Waals surface area contributed by atoms with Gasteiger partial charge in [-0.3, -0.25) is 4.79 Å². The SMILES string of the molecule is CCNC(=NCC(C)(O)c1ccsc1)NCCNC(=O)c1ccc(OC)cc1. The summed E-state index contributed by atoms with van der Waals surface area (Å²) in [7, 11) is 1.59. The van der Waals surface area contributed by atoms with Crippen LogP contribution in [0.3, 0.4) is 0 Å². The van der Waals surface area contributed by atoms with Crippen LogP contribution in [0.25, 0.3) is 0 Å². The van der Waals surface area contributed by atoms with Crippen molar-refractivity contribution in [3.63, 3.8) is 0 Å². The molecule has 0 aliphatic carbocycles. The molecule has 0 spiro atoms. The lowest BCUT2D eigenvalue weighted by Crippen LogP contribution is -2.42. The number of nitrogens with zero attached hydrogens (tertiary/aromatic N) is 1. The second kappa shape index (κ2) is 10.7. The molecular weight excluding hydrogens is 376 g/mol. The first-order valence-electron chi connectivity index (χ1n) is 9.15. The molecule has 1 aromatic heterocycles. The number of ether oxygens (including phenoxy) is 1. The van der Waals surface area contributed by atoms with Gasteiger partial charge in [-0.05, 0) is 60.5 Å². The second-order valence-electron chi connectivity index (χ2n) is 6.39. The smallest absolute Gasteiger partial charge is 0.251 e. The van der Waals surface area contributed by atoms with E-state index in [1.165, 1.54) is 0 Å². The number of carbonyl (C=O) groups is 1. The Balaban J connectivity index is 1.81. The minimum atomic E-state index is -1.02. The summed E-state index contributed by atoms with van der Waals surface area (Å²) in [5.74, 6) is 1.16. The van der Waals surface area contributed by atoms with Crippen LogP contribution in [0, 0.1) is 0 Å². The van der Waals surface area contributed by atoms with Gasteiger partial charge in [-0.25, -0.2) is 4.99 Å². The Hall–Kier alpha value is -2.58. The van der Waals surface area contributed by atoms with Crippen LogP contribution >= 0.6 is 11.3 Å². The number of aliphatic imine (C=N–C) groups is 1. The summed E-state index contributed by atoms with van der Waals surface area (Å²) >= 11 is 1.54. The standard InChI is InChI=1S/C20H28N4O3S/c1-4-21-19(24-14-20(2,26)16-9-12-28-13-16)23-11-10-22-18(25)15-5-7-17(27-3)8-6-15/h5-9,12-13,26H,4,10-11,14H2,1-3H3,(H,22,25)(H2,21,23,24). The lowest BCUT2D eigenvalue weighted by Gasteiger charge is -2.21. The van der Waals surface area contributed by atoms with Gasteiger partial charge in [0.25, 0.3) is 5.91 Å². The molecule has 7 nitrogen and oxygen atoms in total. The third-order valence-electron chi connectivity index (χ3n) is 4.09. The van der Waals surface area contributed by atoms with E-state index in [1.54, 1.807) is 49.6 Å². The minimum absolute atomic E-state index is 0.146. The highest BCUT2D eigenvalue weighted by Crippen LogP contribution is 2.23. The largest absolute Gasteiger partial charge is 0.497 e. The Morgan fingerprint density at radius 1 is 1.18 bits per heavy atom. The van der Waals surface area contributed by atoms with Gasteiger partial charge >= 0.3 is 0 Å². The highest BCUT2D eigenvalue weighted by Gasteiger charge is 2.23. The Bertz CT molecular complexity index is 758. The van der Waals surface area contributed by atoms with E-state index in [-0.39, 0.29) is 12.5 Å². The Morgan fingerprint density at radius 2 is 1.89 bits per heavy atom. The number of benzene rings is 1. The van der Waals surface area contributed by atoms with Crippen LogP contribution in [0.15, 0.2) is 46.1 Å². The van der Waals surface area contributed by atoms with Crippen LogP contribution in [-0.2, 0) is 5.60 Å². The van der Waals surface area contributed by atoms with Gasteiger partial charge in [0.2, 0.25) is 0 Å². The van der Waals surface area contributed by atoms with Crippen LogP contribution in [0.4, 0.5) is 0 Å². The first-order chi connectivity index (χ1) is 13.5. The summed E-state index contributed by atoms with van der Waals surface area (Å²) in [6.45, 7) is 5.60. The molecule has 2 aromatic rings. The maximum absolute atomic E-state index is 12.1. The lowest BCUT2D eigenvalue weighted by atomic mass is 10.00. The van der Waals surface area contributed by atoms with E-state index in [2.05, 4.69) is 20.9 Å². The maximum Gasteiger partial charge on any atom is 0.251 e. The van der Waals surface area contributed by atoms with Crippen LogP contribution in [0.1, 0.15) is 29.8 Å². The molecule has 152 valence electrons. The fourth-order valence-electron chi connectivity index (χ4n) is 2.44. The van der Waals surface area contributed by atoms with Crippen molar-refractivity contribution in [3.8, 4) is 5.75 Å². The normalized spacial score (nSPS) is 13.5. The van der Waals surface area contributed by atoms with Crippen molar-refractivity contribution in [1.82, 2.24) is 16.0 Å². The van der Waals surface area contributed by atoms with Crippen molar-refractivity contribution < 1.29 is 14.6 Å². The number of thiophene rings is 1. The molecule has 1 unspecified atom stereocenters. The van der Waals surface area contributed by atoms with E-state index >= 15 is 0 Å². The minimum Gasteiger partial charge on any atom is -0.497 e. The van der Waals surface area contributed by atoms with Gasteiger partial charge < -0.3 is 25.8 Å². The fourth-order valence-corrected chi connectivity index (χ4v) is 3.22. The molecule has 0 fully saturated rings. The average molecular weight is 405 g/mol. The zero-order valence-electron chi connectivity index (χ0n) is 16.5. The predicted octanol–water partition coefficient (Wildman–Crippen LogP) is 1.95. The van der Waals surface area contributed by atoms with Crippen molar-refractivity contribution in [2.24, 2.45) is 4.99 Å². The Morgan fingerprint density at radius 3 is 2.50 bits per heavy atom. The molecule has 28 heavy (non-hydrogen) atoms. The molecule has 0 radical (unpaired) electrons. The monoisotopic (exact) mass is 404 g/mol. The lowest BCUT2D eigenvalue weighted by molar-refractivity contribution is 0.0677. The van der Waals surface area contributed by atoms with Crippen molar-refractivity contribution in [1.29, 1.82) is 0 Å². The van der Waals surface area contributed by atoms with Gasteiger partial charge in [-0.15, -0.1) is 0 Å². The summed E-state index contributed by atoms with van der Waals surface area (Å²) in [5, 5.41) is 23.6. The van der Waals surface area contributed by atoms with Crippen LogP contribution in [-0.4, -0.2) is 50.3 Å². The molecule has 1 amide bonds. The zero-order valence-corrected chi connectivity index (χ0v) is 17.3. The number of aliphatic hydroxyl groups is 1. The summed E-state index contributed by atoms with van der Waals surface area (Å²) in [6, 6.07) is 8.85. The van der Waals surface area contributed by atoms with Gasteiger partial charge in [0.05, 0.1) is 13.7 Å². The predicted molar refractivity (Wildman–Crippen MR) is 113 cm³/mol. The van der Waals surface area contributed by atoms with Gasteiger partial charge in [-0.2, -0.15) is 11.3 Å². The van der Waals surface area contributed by atoms with Gasteiger partial charge in [0.1, 0.15) is 11.4 Å². The summed E-state index contributed by atoms with van der Waals surface area (Å²) in [5.41, 5.74) is 0.405. The number of hydrogen-bond acceptors (Lipinski definition) is 5. The molecule has 1 aromatic carbocycles. The van der Waals surface area contributed by atoms with Crippen LogP contribution in [0.2, 0.25) is 0 Å². The van der Waals surface area contributed by atoms with Crippen molar-refractivity contribution in [2.45, 2.75) is 19.4 Å². The zero-order chi connectivity index (χ0) is 20.4. The van der Waals surface area contributed by atoms with Gasteiger partial charge in [-0.1, -0.05) is 0 Å². The molecule has 0 bridgehead atoms.